The normalized spacial score (nSPS) is 16.8. The summed E-state index contributed by atoms with van der Waals surface area (Å²) in [7, 11) is 0. The minimum Gasteiger partial charge on any atom is -0.457 e. The first-order chi connectivity index (χ1) is 10.3. The van der Waals surface area contributed by atoms with Crippen LogP contribution in [0.15, 0.2) is 34.7 Å². The van der Waals surface area contributed by atoms with Gasteiger partial charge >= 0.3 is 0 Å². The molecule has 4 rings (SSSR count). The number of benzene rings is 1. The summed E-state index contributed by atoms with van der Waals surface area (Å²) in [5.41, 5.74) is 7.75. The Hall–Kier alpha value is -2.03. The molecular weight excluding hydrogens is 260 g/mol. The summed E-state index contributed by atoms with van der Waals surface area (Å²) in [5, 5.41) is 2.23. The second kappa shape index (κ2) is 5.06. The van der Waals surface area contributed by atoms with Crippen molar-refractivity contribution in [3.63, 3.8) is 0 Å². The number of para-hydroxylation sites is 1. The van der Waals surface area contributed by atoms with E-state index in [1.807, 2.05) is 18.2 Å². The Kier molecular flexibility index (Phi) is 3.06. The molecule has 0 atom stereocenters. The van der Waals surface area contributed by atoms with Gasteiger partial charge in [-0.15, -0.1) is 0 Å². The van der Waals surface area contributed by atoms with Gasteiger partial charge < -0.3 is 10.2 Å². The van der Waals surface area contributed by atoms with Crippen molar-refractivity contribution in [2.45, 2.75) is 38.5 Å². The van der Waals surface area contributed by atoms with Gasteiger partial charge in [0, 0.05) is 17.2 Å². The van der Waals surface area contributed by atoms with Gasteiger partial charge in [-0.1, -0.05) is 50.3 Å². The zero-order valence-electron chi connectivity index (χ0n) is 12.1. The second-order valence-electron chi connectivity index (χ2n) is 6.18. The van der Waals surface area contributed by atoms with Gasteiger partial charge in [0.1, 0.15) is 5.76 Å². The SMILES string of the molecule is Nc1nc2ccccc2c2cc(CC3CCCCC3)oc12. The van der Waals surface area contributed by atoms with Crippen molar-refractivity contribution in [2.24, 2.45) is 5.92 Å². The maximum absolute atomic E-state index is 6.06. The van der Waals surface area contributed by atoms with Crippen LogP contribution >= 0.6 is 0 Å². The number of rotatable bonds is 2. The average Bonchev–Trinajstić information content (AvgIpc) is 2.93. The highest BCUT2D eigenvalue weighted by atomic mass is 16.3. The van der Waals surface area contributed by atoms with Crippen LogP contribution in [0.4, 0.5) is 5.82 Å². The summed E-state index contributed by atoms with van der Waals surface area (Å²) >= 11 is 0. The molecule has 1 fully saturated rings. The van der Waals surface area contributed by atoms with Crippen molar-refractivity contribution < 1.29 is 4.42 Å². The number of anilines is 1. The van der Waals surface area contributed by atoms with Gasteiger partial charge in [-0.05, 0) is 18.1 Å². The van der Waals surface area contributed by atoms with Crippen molar-refractivity contribution >= 4 is 27.7 Å². The molecular formula is C18H20N2O. The van der Waals surface area contributed by atoms with Crippen LogP contribution in [0.5, 0.6) is 0 Å². The Balaban J connectivity index is 1.77. The molecule has 2 N–H and O–H groups in total. The molecule has 0 saturated heterocycles. The van der Waals surface area contributed by atoms with Crippen molar-refractivity contribution in [1.82, 2.24) is 4.98 Å². The summed E-state index contributed by atoms with van der Waals surface area (Å²) in [6, 6.07) is 10.3. The van der Waals surface area contributed by atoms with E-state index < -0.39 is 0 Å². The predicted octanol–water partition coefficient (Wildman–Crippen LogP) is 4.69. The first-order valence-corrected chi connectivity index (χ1v) is 7.88. The summed E-state index contributed by atoms with van der Waals surface area (Å²) in [6.45, 7) is 0. The number of hydrogen-bond donors (Lipinski definition) is 1. The van der Waals surface area contributed by atoms with Crippen molar-refractivity contribution in [1.29, 1.82) is 0 Å². The molecule has 108 valence electrons. The third-order valence-electron chi connectivity index (χ3n) is 4.67. The molecule has 3 nitrogen and oxygen atoms in total. The van der Waals surface area contributed by atoms with Crippen LogP contribution < -0.4 is 5.73 Å². The zero-order chi connectivity index (χ0) is 14.2. The number of furan rings is 1. The lowest BCUT2D eigenvalue weighted by Crippen LogP contribution is -2.08. The Bertz CT molecular complexity index is 784. The zero-order valence-corrected chi connectivity index (χ0v) is 12.1. The highest BCUT2D eigenvalue weighted by Gasteiger charge is 2.18. The third-order valence-corrected chi connectivity index (χ3v) is 4.67. The molecule has 0 spiro atoms. The molecule has 21 heavy (non-hydrogen) atoms. The van der Waals surface area contributed by atoms with Crippen molar-refractivity contribution in [3.8, 4) is 0 Å². The average molecular weight is 280 g/mol. The van der Waals surface area contributed by atoms with E-state index in [9.17, 15) is 0 Å². The molecule has 1 aliphatic carbocycles. The standard InChI is InChI=1S/C18H20N2O/c19-18-17-15(14-8-4-5-9-16(14)20-18)11-13(21-17)10-12-6-2-1-3-7-12/h4-5,8-9,11-12H,1-3,6-7,10H2,(H2,19,20). The Morgan fingerprint density at radius 3 is 2.76 bits per heavy atom. The first-order valence-electron chi connectivity index (χ1n) is 7.88. The maximum Gasteiger partial charge on any atom is 0.176 e. The highest BCUT2D eigenvalue weighted by Crippen LogP contribution is 2.33. The number of nitrogens with zero attached hydrogens (tertiary/aromatic N) is 1. The predicted molar refractivity (Wildman–Crippen MR) is 86.2 cm³/mol. The molecule has 2 heterocycles. The molecule has 1 aromatic carbocycles. The lowest BCUT2D eigenvalue weighted by atomic mass is 9.86. The lowest BCUT2D eigenvalue weighted by molar-refractivity contribution is 0.337. The molecule has 0 radical (unpaired) electrons. The van der Waals surface area contributed by atoms with E-state index in [1.165, 1.54) is 32.1 Å². The molecule has 0 bridgehead atoms. The number of nitrogens with two attached hydrogens (primary N) is 1. The second-order valence-corrected chi connectivity index (χ2v) is 6.18. The van der Waals surface area contributed by atoms with Gasteiger partial charge in [-0.3, -0.25) is 0 Å². The monoisotopic (exact) mass is 280 g/mol. The van der Waals surface area contributed by atoms with Gasteiger partial charge in [-0.25, -0.2) is 4.98 Å². The summed E-state index contributed by atoms with van der Waals surface area (Å²) in [4.78, 5) is 4.45. The van der Waals surface area contributed by atoms with Gasteiger partial charge in [0.05, 0.1) is 5.52 Å². The number of hydrogen-bond acceptors (Lipinski definition) is 3. The summed E-state index contributed by atoms with van der Waals surface area (Å²) in [5.74, 6) is 2.32. The number of nitrogen functional groups attached to an aromatic ring is 1. The van der Waals surface area contributed by atoms with Crippen LogP contribution in [-0.2, 0) is 6.42 Å². The van der Waals surface area contributed by atoms with Crippen LogP contribution in [0.1, 0.15) is 37.9 Å². The fourth-order valence-electron chi connectivity index (χ4n) is 3.59. The van der Waals surface area contributed by atoms with Gasteiger partial charge in [-0.2, -0.15) is 0 Å². The molecule has 1 saturated carbocycles. The molecule has 0 amide bonds. The van der Waals surface area contributed by atoms with Gasteiger partial charge in [0.25, 0.3) is 0 Å². The number of fused-ring (bicyclic) bond motifs is 3. The van der Waals surface area contributed by atoms with E-state index in [2.05, 4.69) is 17.1 Å². The molecule has 3 heteroatoms. The number of aromatic nitrogens is 1. The quantitative estimate of drug-likeness (QED) is 0.741. The number of pyridine rings is 1. The van der Waals surface area contributed by atoms with Crippen LogP contribution in [0, 0.1) is 5.92 Å². The summed E-state index contributed by atoms with van der Waals surface area (Å²) < 4.78 is 6.02. The maximum atomic E-state index is 6.06. The van der Waals surface area contributed by atoms with E-state index in [0.29, 0.717) is 5.82 Å². The van der Waals surface area contributed by atoms with E-state index in [-0.39, 0.29) is 0 Å². The minimum atomic E-state index is 0.499. The fraction of sp³-hybridized carbons (Fsp3) is 0.389. The lowest BCUT2D eigenvalue weighted by Gasteiger charge is -2.20. The third kappa shape index (κ3) is 2.27. The van der Waals surface area contributed by atoms with Crippen molar-refractivity contribution in [3.05, 3.63) is 36.1 Å². The van der Waals surface area contributed by atoms with Crippen LogP contribution in [0.25, 0.3) is 21.9 Å². The molecule has 2 aromatic heterocycles. The minimum absolute atomic E-state index is 0.499. The first kappa shape index (κ1) is 12.7. The van der Waals surface area contributed by atoms with Gasteiger partial charge in [0.2, 0.25) is 0 Å². The van der Waals surface area contributed by atoms with Crippen LogP contribution in [0.2, 0.25) is 0 Å². The van der Waals surface area contributed by atoms with E-state index in [4.69, 9.17) is 10.2 Å². The fourth-order valence-corrected chi connectivity index (χ4v) is 3.59. The molecule has 0 aliphatic heterocycles. The largest absolute Gasteiger partial charge is 0.457 e. The highest BCUT2D eigenvalue weighted by molar-refractivity contribution is 6.07. The van der Waals surface area contributed by atoms with E-state index in [1.54, 1.807) is 0 Å². The Labute approximate surface area is 124 Å². The van der Waals surface area contributed by atoms with E-state index in [0.717, 1.165) is 40.0 Å². The Morgan fingerprint density at radius 2 is 1.90 bits per heavy atom. The van der Waals surface area contributed by atoms with Crippen LogP contribution in [-0.4, -0.2) is 4.98 Å². The van der Waals surface area contributed by atoms with E-state index >= 15 is 0 Å². The molecule has 1 aliphatic rings. The summed E-state index contributed by atoms with van der Waals surface area (Å²) in [6.07, 6.45) is 7.78. The van der Waals surface area contributed by atoms with Crippen LogP contribution in [0.3, 0.4) is 0 Å². The molecule has 0 unspecified atom stereocenters. The van der Waals surface area contributed by atoms with Gasteiger partial charge in [0.15, 0.2) is 11.4 Å². The van der Waals surface area contributed by atoms with Crippen molar-refractivity contribution in [2.75, 3.05) is 5.73 Å². The topological polar surface area (TPSA) is 52.0 Å². The molecule has 3 aromatic rings. The Morgan fingerprint density at radius 1 is 1.10 bits per heavy atom. The smallest absolute Gasteiger partial charge is 0.176 e.